The van der Waals surface area contributed by atoms with Crippen LogP contribution in [0.15, 0.2) is 18.3 Å². The first-order chi connectivity index (χ1) is 8.04. The lowest BCUT2D eigenvalue weighted by atomic mass is 10.1. The number of nitrogens with one attached hydrogen (secondary N) is 1. The monoisotopic (exact) mass is 235 g/mol. The molecule has 1 aromatic heterocycles. The number of aromatic nitrogens is 1. The molecule has 0 aliphatic rings. The number of hydrogen-bond donors (Lipinski definition) is 3. The number of carbonyl (C=O) groups excluding carboxylic acids is 1. The largest absolute Gasteiger partial charge is 0.394 e. The topological polar surface area (TPSA) is 106 Å². The van der Waals surface area contributed by atoms with E-state index in [9.17, 15) is 4.79 Å². The summed E-state index contributed by atoms with van der Waals surface area (Å²) in [6.07, 6.45) is 1.28. The van der Waals surface area contributed by atoms with Crippen molar-refractivity contribution in [1.82, 2.24) is 10.3 Å². The maximum atomic E-state index is 11.7. The lowest BCUT2D eigenvalue weighted by molar-refractivity contribution is 0.0719. The van der Waals surface area contributed by atoms with E-state index < -0.39 is 11.4 Å². The highest BCUT2D eigenvalue weighted by atomic mass is 16.3. The van der Waals surface area contributed by atoms with Gasteiger partial charge in [-0.1, -0.05) is 0 Å². The van der Waals surface area contributed by atoms with Gasteiger partial charge >= 0.3 is 0 Å². The summed E-state index contributed by atoms with van der Waals surface area (Å²) in [6.45, 7) is 0.742. The lowest BCUT2D eigenvalue weighted by Gasteiger charge is -2.25. The highest BCUT2D eigenvalue weighted by Crippen LogP contribution is 2.04. The Morgan fingerprint density at radius 1 is 1.53 bits per heavy atom. The van der Waals surface area contributed by atoms with Gasteiger partial charge in [0.1, 0.15) is 11.8 Å². The molecule has 0 aliphatic carbocycles. The first-order valence-corrected chi connectivity index (χ1v) is 4.95. The second-order valence-corrected chi connectivity index (χ2v) is 3.87. The molecule has 0 aromatic carbocycles. The van der Waals surface area contributed by atoms with E-state index in [0.717, 1.165) is 0 Å². The zero-order chi connectivity index (χ0) is 12.9. The summed E-state index contributed by atoms with van der Waals surface area (Å²) < 4.78 is 0. The quantitative estimate of drug-likeness (QED) is 0.647. The Hall–Kier alpha value is -1.97. The van der Waals surface area contributed by atoms with Crippen molar-refractivity contribution in [3.05, 3.63) is 29.6 Å². The van der Waals surface area contributed by atoms with Crippen molar-refractivity contribution in [2.24, 2.45) is 0 Å². The minimum absolute atomic E-state index is 0.122. The summed E-state index contributed by atoms with van der Waals surface area (Å²) in [4.78, 5) is 15.5. The first-order valence-electron chi connectivity index (χ1n) is 4.95. The smallest absolute Gasteiger partial charge is 0.270 e. The van der Waals surface area contributed by atoms with Crippen LogP contribution in [0.4, 0.5) is 0 Å². The van der Waals surface area contributed by atoms with Gasteiger partial charge in [0, 0.05) is 6.20 Å². The van der Waals surface area contributed by atoms with Crippen molar-refractivity contribution in [2.75, 3.05) is 13.2 Å². The van der Waals surface area contributed by atoms with E-state index in [2.05, 4.69) is 10.3 Å². The molecule has 0 saturated carbocycles. The SMILES string of the molecule is CC(CO)(CO)NC(=O)c1ccc(C#N)cn1. The molecule has 0 unspecified atom stereocenters. The van der Waals surface area contributed by atoms with Gasteiger partial charge in [-0.25, -0.2) is 4.98 Å². The summed E-state index contributed by atoms with van der Waals surface area (Å²) in [6, 6.07) is 4.76. The highest BCUT2D eigenvalue weighted by molar-refractivity contribution is 5.92. The van der Waals surface area contributed by atoms with Crippen molar-refractivity contribution in [2.45, 2.75) is 12.5 Å². The van der Waals surface area contributed by atoms with Gasteiger partial charge in [0.15, 0.2) is 0 Å². The van der Waals surface area contributed by atoms with Gasteiger partial charge in [0.05, 0.1) is 24.3 Å². The minimum Gasteiger partial charge on any atom is -0.394 e. The fourth-order valence-corrected chi connectivity index (χ4v) is 1.06. The van der Waals surface area contributed by atoms with Crippen LogP contribution in [-0.4, -0.2) is 39.9 Å². The summed E-state index contributed by atoms with van der Waals surface area (Å²) in [7, 11) is 0. The molecule has 1 rings (SSSR count). The molecule has 1 amide bonds. The van der Waals surface area contributed by atoms with Crippen molar-refractivity contribution in [3.63, 3.8) is 0 Å². The molecule has 3 N–H and O–H groups in total. The van der Waals surface area contributed by atoms with Crippen LogP contribution in [0.3, 0.4) is 0 Å². The Balaban J connectivity index is 2.80. The molecule has 0 bridgehead atoms. The highest BCUT2D eigenvalue weighted by Gasteiger charge is 2.25. The Morgan fingerprint density at radius 3 is 2.59 bits per heavy atom. The van der Waals surface area contributed by atoms with Gasteiger partial charge in [-0.05, 0) is 19.1 Å². The standard InChI is InChI=1S/C11H13N3O3/c1-11(6-15,7-16)14-10(17)9-3-2-8(4-12)5-13-9/h2-3,5,15-16H,6-7H2,1H3,(H,14,17). The van der Waals surface area contributed by atoms with Gasteiger partial charge in [-0.2, -0.15) is 5.26 Å². The molecule has 1 heterocycles. The average Bonchev–Trinajstić information content (AvgIpc) is 2.38. The number of nitriles is 1. The van der Waals surface area contributed by atoms with Gasteiger partial charge in [-0.15, -0.1) is 0 Å². The van der Waals surface area contributed by atoms with Crippen LogP contribution >= 0.6 is 0 Å². The van der Waals surface area contributed by atoms with Crippen LogP contribution in [-0.2, 0) is 0 Å². The molecule has 0 spiro atoms. The van der Waals surface area contributed by atoms with Crippen molar-refractivity contribution >= 4 is 5.91 Å². The summed E-state index contributed by atoms with van der Waals surface area (Å²) in [5.74, 6) is -0.514. The van der Waals surface area contributed by atoms with E-state index in [0.29, 0.717) is 5.56 Å². The van der Waals surface area contributed by atoms with Crippen LogP contribution in [0.25, 0.3) is 0 Å². The molecule has 0 radical (unpaired) electrons. The summed E-state index contributed by atoms with van der Waals surface area (Å²) >= 11 is 0. The minimum atomic E-state index is -1.09. The molecule has 0 saturated heterocycles. The third-order valence-corrected chi connectivity index (χ3v) is 2.24. The Bertz CT molecular complexity index is 432. The molecule has 6 nitrogen and oxygen atoms in total. The summed E-state index contributed by atoms with van der Waals surface area (Å²) in [5, 5.41) is 29.1. The second-order valence-electron chi connectivity index (χ2n) is 3.87. The number of aliphatic hydroxyl groups is 2. The number of carbonyl (C=O) groups is 1. The summed E-state index contributed by atoms with van der Waals surface area (Å²) in [5.41, 5.74) is -0.613. The number of rotatable bonds is 4. The van der Waals surface area contributed by atoms with Crippen LogP contribution in [0, 0.1) is 11.3 Å². The Labute approximate surface area is 98.5 Å². The molecule has 0 atom stereocenters. The normalized spacial score (nSPS) is 10.7. The fraction of sp³-hybridized carbons (Fsp3) is 0.364. The lowest BCUT2D eigenvalue weighted by Crippen LogP contribution is -2.51. The maximum Gasteiger partial charge on any atom is 0.270 e. The molecular weight excluding hydrogens is 222 g/mol. The van der Waals surface area contributed by atoms with Gasteiger partial charge < -0.3 is 15.5 Å². The molecule has 1 aromatic rings. The molecular formula is C11H13N3O3. The molecule has 6 heteroatoms. The molecule has 17 heavy (non-hydrogen) atoms. The van der Waals surface area contributed by atoms with Crippen molar-refractivity contribution in [1.29, 1.82) is 5.26 Å². The third kappa shape index (κ3) is 3.24. The van der Waals surface area contributed by atoms with Crippen LogP contribution < -0.4 is 5.32 Å². The number of amides is 1. The van der Waals surface area contributed by atoms with E-state index in [1.54, 1.807) is 0 Å². The van der Waals surface area contributed by atoms with E-state index in [1.165, 1.54) is 25.3 Å². The van der Waals surface area contributed by atoms with Crippen molar-refractivity contribution in [3.8, 4) is 6.07 Å². The van der Waals surface area contributed by atoms with E-state index in [1.807, 2.05) is 6.07 Å². The zero-order valence-corrected chi connectivity index (χ0v) is 9.34. The zero-order valence-electron chi connectivity index (χ0n) is 9.34. The number of nitrogens with zero attached hydrogens (tertiary/aromatic N) is 2. The number of hydrogen-bond acceptors (Lipinski definition) is 5. The predicted octanol–water partition coefficient (Wildman–Crippen LogP) is -0.574. The number of aliphatic hydroxyl groups excluding tert-OH is 2. The van der Waals surface area contributed by atoms with E-state index >= 15 is 0 Å². The van der Waals surface area contributed by atoms with Crippen LogP contribution in [0.1, 0.15) is 23.0 Å². The second kappa shape index (κ2) is 5.39. The van der Waals surface area contributed by atoms with Gasteiger partial charge in [0.25, 0.3) is 5.91 Å². The third-order valence-electron chi connectivity index (χ3n) is 2.24. The molecule has 0 fully saturated rings. The Kier molecular flexibility index (Phi) is 4.15. The van der Waals surface area contributed by atoms with Crippen LogP contribution in [0.5, 0.6) is 0 Å². The van der Waals surface area contributed by atoms with E-state index in [-0.39, 0.29) is 18.9 Å². The first kappa shape index (κ1) is 13.1. The molecule has 0 aliphatic heterocycles. The van der Waals surface area contributed by atoms with Crippen molar-refractivity contribution < 1.29 is 15.0 Å². The van der Waals surface area contributed by atoms with Gasteiger partial charge in [0.2, 0.25) is 0 Å². The Morgan fingerprint density at radius 2 is 2.18 bits per heavy atom. The van der Waals surface area contributed by atoms with E-state index in [4.69, 9.17) is 15.5 Å². The maximum absolute atomic E-state index is 11.7. The predicted molar refractivity (Wildman–Crippen MR) is 59.0 cm³/mol. The van der Waals surface area contributed by atoms with Crippen LogP contribution in [0.2, 0.25) is 0 Å². The van der Waals surface area contributed by atoms with Gasteiger partial charge in [-0.3, -0.25) is 4.79 Å². The fourth-order valence-electron chi connectivity index (χ4n) is 1.06. The average molecular weight is 235 g/mol. The number of pyridine rings is 1. The molecule has 90 valence electrons.